The third-order valence-corrected chi connectivity index (χ3v) is 2.67. The minimum Gasteiger partial charge on any atom is -0.465 e. The van der Waals surface area contributed by atoms with Crippen molar-refractivity contribution in [2.24, 2.45) is 5.92 Å². The molecule has 0 saturated carbocycles. The lowest BCUT2D eigenvalue weighted by Crippen LogP contribution is -2.44. The van der Waals surface area contributed by atoms with Gasteiger partial charge in [-0.15, -0.1) is 0 Å². The van der Waals surface area contributed by atoms with Gasteiger partial charge in [-0.05, 0) is 19.3 Å². The fraction of sp³-hybridized carbons (Fsp3) is 0.857. The molecule has 18 heavy (non-hydrogen) atoms. The fourth-order valence-electron chi connectivity index (χ4n) is 2.00. The molecule has 0 aromatic carbocycles. The Morgan fingerprint density at radius 3 is 2.50 bits per heavy atom. The van der Waals surface area contributed by atoms with Crippen molar-refractivity contribution in [1.82, 2.24) is 4.90 Å². The Kier molecular flexibility index (Phi) is 9.31. The van der Waals surface area contributed by atoms with E-state index in [9.17, 15) is 4.79 Å². The number of nitrogens with zero attached hydrogens (tertiary/aromatic N) is 2. The van der Waals surface area contributed by atoms with Gasteiger partial charge in [-0.3, -0.25) is 9.69 Å². The molecule has 0 aliphatic heterocycles. The van der Waals surface area contributed by atoms with Crippen molar-refractivity contribution in [2.45, 2.75) is 53.0 Å². The lowest BCUT2D eigenvalue weighted by atomic mass is 10.1. The van der Waals surface area contributed by atoms with Gasteiger partial charge in [0, 0.05) is 19.5 Å². The molecule has 1 unspecified atom stereocenters. The van der Waals surface area contributed by atoms with E-state index < -0.39 is 0 Å². The molecule has 0 fully saturated rings. The van der Waals surface area contributed by atoms with Crippen LogP contribution in [0.4, 0.5) is 0 Å². The van der Waals surface area contributed by atoms with Gasteiger partial charge in [0.15, 0.2) is 0 Å². The summed E-state index contributed by atoms with van der Waals surface area (Å²) in [6, 6.07) is 1.94. The monoisotopic (exact) mass is 254 g/mol. The van der Waals surface area contributed by atoms with Gasteiger partial charge in [-0.1, -0.05) is 27.2 Å². The molecule has 0 amide bonds. The Balaban J connectivity index is 4.71. The van der Waals surface area contributed by atoms with Crippen LogP contribution in [0.25, 0.3) is 0 Å². The second-order valence-electron chi connectivity index (χ2n) is 4.85. The van der Waals surface area contributed by atoms with Crippen molar-refractivity contribution in [3.63, 3.8) is 0 Å². The maximum Gasteiger partial charge on any atom is 0.323 e. The van der Waals surface area contributed by atoms with Gasteiger partial charge in [-0.25, -0.2) is 0 Å². The summed E-state index contributed by atoms with van der Waals surface area (Å²) < 4.78 is 5.14. The third kappa shape index (κ3) is 6.61. The molecule has 0 bridgehead atoms. The van der Waals surface area contributed by atoms with Crippen LogP contribution >= 0.6 is 0 Å². The molecule has 1 atom stereocenters. The highest BCUT2D eigenvalue weighted by Gasteiger charge is 2.26. The average Bonchev–Trinajstić information content (AvgIpc) is 2.31. The molecule has 0 aromatic rings. The van der Waals surface area contributed by atoms with E-state index >= 15 is 0 Å². The number of carbonyl (C=O) groups excluding carboxylic acids is 1. The van der Waals surface area contributed by atoms with Crippen molar-refractivity contribution in [3.05, 3.63) is 0 Å². The Bertz CT molecular complexity index is 271. The van der Waals surface area contributed by atoms with Gasteiger partial charge in [0.25, 0.3) is 0 Å². The van der Waals surface area contributed by atoms with Gasteiger partial charge in [-0.2, -0.15) is 5.26 Å². The molecular formula is C14H26N2O2. The second kappa shape index (κ2) is 9.90. The van der Waals surface area contributed by atoms with E-state index in [4.69, 9.17) is 10.00 Å². The van der Waals surface area contributed by atoms with Crippen LogP contribution in [0.2, 0.25) is 0 Å². The second-order valence-corrected chi connectivity index (χ2v) is 4.85. The number of esters is 1. The first-order valence-corrected chi connectivity index (χ1v) is 6.84. The van der Waals surface area contributed by atoms with Gasteiger partial charge >= 0.3 is 5.97 Å². The summed E-state index contributed by atoms with van der Waals surface area (Å²) in [5, 5.41) is 8.71. The molecule has 0 aliphatic carbocycles. The van der Waals surface area contributed by atoms with Crippen molar-refractivity contribution in [2.75, 3.05) is 19.7 Å². The van der Waals surface area contributed by atoms with Gasteiger partial charge < -0.3 is 4.74 Å². The van der Waals surface area contributed by atoms with Crippen molar-refractivity contribution in [1.29, 1.82) is 5.26 Å². The third-order valence-electron chi connectivity index (χ3n) is 2.67. The van der Waals surface area contributed by atoms with E-state index in [1.807, 2.05) is 6.92 Å². The van der Waals surface area contributed by atoms with Crippen LogP contribution in [0.15, 0.2) is 0 Å². The zero-order valence-corrected chi connectivity index (χ0v) is 12.1. The zero-order chi connectivity index (χ0) is 14.0. The summed E-state index contributed by atoms with van der Waals surface area (Å²) in [5.74, 6) is 0.315. The zero-order valence-electron chi connectivity index (χ0n) is 12.1. The van der Waals surface area contributed by atoms with Crippen LogP contribution in [0.3, 0.4) is 0 Å². The average molecular weight is 254 g/mol. The first-order valence-electron chi connectivity index (χ1n) is 6.84. The Labute approximate surface area is 111 Å². The van der Waals surface area contributed by atoms with Gasteiger partial charge in [0.1, 0.15) is 6.04 Å². The Morgan fingerprint density at radius 1 is 1.39 bits per heavy atom. The smallest absolute Gasteiger partial charge is 0.323 e. The van der Waals surface area contributed by atoms with Gasteiger partial charge in [0.05, 0.1) is 12.7 Å². The Morgan fingerprint density at radius 2 is 2.06 bits per heavy atom. The van der Waals surface area contributed by atoms with Crippen LogP contribution in [0, 0.1) is 17.2 Å². The molecular weight excluding hydrogens is 228 g/mol. The van der Waals surface area contributed by atoms with Crippen LogP contribution in [-0.4, -0.2) is 36.6 Å². The number of carbonyl (C=O) groups is 1. The fourth-order valence-corrected chi connectivity index (χ4v) is 2.00. The standard InChI is InChI=1S/C14H26N2O2/c1-5-8-13(14(17)18-6-2)16(10-7-9-15)11-12(3)4/h12-13H,5-8,10-11H2,1-4H3. The van der Waals surface area contributed by atoms with E-state index in [2.05, 4.69) is 31.7 Å². The summed E-state index contributed by atoms with van der Waals surface area (Å²) >= 11 is 0. The van der Waals surface area contributed by atoms with E-state index in [0.717, 1.165) is 19.4 Å². The molecule has 0 radical (unpaired) electrons. The molecule has 0 spiro atoms. The predicted octanol–water partition coefficient (Wildman–Crippen LogP) is 2.59. The van der Waals surface area contributed by atoms with Crippen molar-refractivity contribution < 1.29 is 9.53 Å². The summed E-state index contributed by atoms with van der Waals surface area (Å²) in [4.78, 5) is 14.1. The van der Waals surface area contributed by atoms with Gasteiger partial charge in [0.2, 0.25) is 0 Å². The van der Waals surface area contributed by atoms with E-state index in [0.29, 0.717) is 25.5 Å². The maximum atomic E-state index is 12.0. The molecule has 4 heteroatoms. The largest absolute Gasteiger partial charge is 0.465 e. The molecule has 104 valence electrons. The molecule has 4 nitrogen and oxygen atoms in total. The van der Waals surface area contributed by atoms with Crippen LogP contribution < -0.4 is 0 Å². The number of rotatable bonds is 9. The van der Waals surface area contributed by atoms with E-state index in [1.54, 1.807) is 0 Å². The highest BCUT2D eigenvalue weighted by molar-refractivity contribution is 5.75. The molecule has 0 aliphatic rings. The quantitative estimate of drug-likeness (QED) is 0.593. The maximum absolute atomic E-state index is 12.0. The number of hydrogen-bond donors (Lipinski definition) is 0. The molecule has 0 aromatic heterocycles. The van der Waals surface area contributed by atoms with E-state index in [-0.39, 0.29) is 12.0 Å². The first kappa shape index (κ1) is 16.9. The number of ether oxygens (including phenoxy) is 1. The molecule has 0 rings (SSSR count). The normalized spacial score (nSPS) is 12.5. The summed E-state index contributed by atoms with van der Waals surface area (Å²) in [7, 11) is 0. The molecule has 0 saturated heterocycles. The topological polar surface area (TPSA) is 53.3 Å². The predicted molar refractivity (Wildman–Crippen MR) is 72.0 cm³/mol. The lowest BCUT2D eigenvalue weighted by molar-refractivity contribution is -0.150. The lowest BCUT2D eigenvalue weighted by Gasteiger charge is -2.30. The number of nitriles is 1. The molecule has 0 N–H and O–H groups in total. The SMILES string of the molecule is CCCC(C(=O)OCC)N(CCC#N)CC(C)C. The van der Waals surface area contributed by atoms with Crippen molar-refractivity contribution in [3.8, 4) is 6.07 Å². The summed E-state index contributed by atoms with van der Waals surface area (Å²) in [5.41, 5.74) is 0. The van der Waals surface area contributed by atoms with Crippen LogP contribution in [0.1, 0.15) is 47.0 Å². The summed E-state index contributed by atoms with van der Waals surface area (Å²) in [6.45, 7) is 9.99. The minimum atomic E-state index is -0.203. The van der Waals surface area contributed by atoms with E-state index in [1.165, 1.54) is 0 Å². The minimum absolute atomic E-state index is 0.155. The highest BCUT2D eigenvalue weighted by Crippen LogP contribution is 2.12. The Hall–Kier alpha value is -1.08. The summed E-state index contributed by atoms with van der Waals surface area (Å²) in [6.07, 6.45) is 2.17. The van der Waals surface area contributed by atoms with Crippen molar-refractivity contribution >= 4 is 5.97 Å². The first-order chi connectivity index (χ1) is 8.56. The van der Waals surface area contributed by atoms with Crippen LogP contribution in [0.5, 0.6) is 0 Å². The highest BCUT2D eigenvalue weighted by atomic mass is 16.5. The molecule has 0 heterocycles. The number of hydrogen-bond acceptors (Lipinski definition) is 4. The van der Waals surface area contributed by atoms with Crippen LogP contribution in [-0.2, 0) is 9.53 Å².